The van der Waals surface area contributed by atoms with Crippen molar-refractivity contribution < 1.29 is 44.3 Å². The van der Waals surface area contributed by atoms with Gasteiger partial charge in [-0.3, -0.25) is 4.79 Å². The summed E-state index contributed by atoms with van der Waals surface area (Å²) in [5.41, 5.74) is -3.86. The number of alkyl halides is 8. The quantitative estimate of drug-likeness (QED) is 0.353. The first kappa shape index (κ1) is 29.2. The van der Waals surface area contributed by atoms with Gasteiger partial charge in [0.15, 0.2) is 0 Å². The molecule has 1 fully saturated rings. The average molecular weight is 578 g/mol. The highest BCUT2D eigenvalue weighted by atomic mass is 35.5. The summed E-state index contributed by atoms with van der Waals surface area (Å²) in [6.45, 7) is 0. The van der Waals surface area contributed by atoms with Gasteiger partial charge in [0.2, 0.25) is 5.92 Å². The number of benzene rings is 2. The van der Waals surface area contributed by atoms with E-state index in [2.05, 4.69) is 5.32 Å². The van der Waals surface area contributed by atoms with E-state index in [1.807, 2.05) is 0 Å². The van der Waals surface area contributed by atoms with E-state index >= 15 is 0 Å². The summed E-state index contributed by atoms with van der Waals surface area (Å²) in [5, 5.41) is 1.97. The predicted molar refractivity (Wildman–Crippen MR) is 120 cm³/mol. The minimum Gasteiger partial charge on any atom is -0.349 e. The molecule has 2 aromatic carbocycles. The number of rotatable bonds is 5. The van der Waals surface area contributed by atoms with Gasteiger partial charge in [-0.05, 0) is 48.7 Å². The molecule has 1 aliphatic rings. The van der Waals surface area contributed by atoms with Crippen molar-refractivity contribution in [3.05, 3.63) is 74.8 Å². The van der Waals surface area contributed by atoms with Crippen molar-refractivity contribution >= 4 is 34.9 Å². The molecule has 1 saturated carbocycles. The lowest BCUT2D eigenvalue weighted by molar-refractivity contribution is -0.140. The van der Waals surface area contributed by atoms with Crippen LogP contribution in [-0.4, -0.2) is 24.0 Å². The predicted octanol–water partition coefficient (Wildman–Crippen LogP) is 8.98. The number of allylic oxidation sites excluding steroid dienone is 1. The lowest BCUT2D eigenvalue weighted by Gasteiger charge is -2.29. The molecule has 2 aromatic rings. The topological polar surface area (TPSA) is 29.1 Å². The van der Waals surface area contributed by atoms with Crippen molar-refractivity contribution in [2.75, 3.05) is 0 Å². The molecule has 1 unspecified atom stereocenters. The Hall–Kier alpha value is -2.40. The molecular weight excluding hydrogens is 560 g/mol. The first-order valence-corrected chi connectivity index (χ1v) is 11.5. The summed E-state index contributed by atoms with van der Waals surface area (Å²) in [6.07, 6.45) is -11.5. The van der Waals surface area contributed by atoms with E-state index in [9.17, 15) is 44.3 Å². The maximum atomic E-state index is 14.9. The highest BCUT2D eigenvalue weighted by molar-refractivity contribution is 6.42. The maximum Gasteiger partial charge on any atom is 0.417 e. The van der Waals surface area contributed by atoms with Crippen molar-refractivity contribution in [3.8, 4) is 0 Å². The second kappa shape index (κ2) is 10.8. The average Bonchev–Trinajstić information content (AvgIpc) is 2.79. The monoisotopic (exact) mass is 577 g/mol. The number of hydrogen-bond donors (Lipinski definition) is 1. The molecule has 1 atom stereocenters. The Labute approximate surface area is 215 Å². The first-order valence-electron chi connectivity index (χ1n) is 10.8. The van der Waals surface area contributed by atoms with Crippen LogP contribution in [0.4, 0.5) is 39.5 Å². The molecule has 0 saturated heterocycles. The van der Waals surface area contributed by atoms with Crippen molar-refractivity contribution in [2.45, 2.75) is 55.9 Å². The van der Waals surface area contributed by atoms with E-state index in [0.29, 0.717) is 6.07 Å². The summed E-state index contributed by atoms with van der Waals surface area (Å²) in [5.74, 6) is -8.33. The van der Waals surface area contributed by atoms with Crippen LogP contribution in [0.2, 0.25) is 10.0 Å². The Kier molecular flexibility index (Phi) is 8.48. The lowest BCUT2D eigenvalue weighted by atomic mass is 9.91. The number of halogens is 11. The third-order valence-electron chi connectivity index (χ3n) is 5.87. The molecule has 1 amide bonds. The summed E-state index contributed by atoms with van der Waals surface area (Å²) in [4.78, 5) is 12.5. The van der Waals surface area contributed by atoms with E-state index in [-0.39, 0.29) is 35.0 Å². The van der Waals surface area contributed by atoms with Gasteiger partial charge in [0.05, 0.1) is 21.2 Å². The molecule has 13 heteroatoms. The summed E-state index contributed by atoms with van der Waals surface area (Å²) in [7, 11) is 0. The Bertz CT molecular complexity index is 1180. The first-order chi connectivity index (χ1) is 17.0. The van der Waals surface area contributed by atoms with Gasteiger partial charge >= 0.3 is 12.4 Å². The van der Waals surface area contributed by atoms with Gasteiger partial charge in [0.25, 0.3) is 5.91 Å². The zero-order valence-corrected chi connectivity index (χ0v) is 20.1. The number of carbonyl (C=O) groups excluding carboxylic acids is 1. The fourth-order valence-corrected chi connectivity index (χ4v) is 4.21. The Morgan fingerprint density at radius 1 is 0.973 bits per heavy atom. The van der Waals surface area contributed by atoms with Crippen LogP contribution in [-0.2, 0) is 6.18 Å². The molecule has 1 aliphatic carbocycles. The molecule has 202 valence electrons. The Morgan fingerprint density at radius 3 is 2.14 bits per heavy atom. The summed E-state index contributed by atoms with van der Waals surface area (Å²) >= 11 is 11.5. The van der Waals surface area contributed by atoms with E-state index in [1.165, 1.54) is 0 Å². The number of carbonyl (C=O) groups is 1. The van der Waals surface area contributed by atoms with Gasteiger partial charge in [0, 0.05) is 24.4 Å². The molecular formula is C24H18Cl2F9NO. The van der Waals surface area contributed by atoms with Crippen LogP contribution >= 0.6 is 23.2 Å². The third-order valence-corrected chi connectivity index (χ3v) is 6.61. The lowest BCUT2D eigenvalue weighted by Crippen LogP contribution is -2.40. The van der Waals surface area contributed by atoms with Gasteiger partial charge in [-0.1, -0.05) is 35.3 Å². The minimum absolute atomic E-state index is 0.0542. The van der Waals surface area contributed by atoms with Crippen LogP contribution in [0.3, 0.4) is 0 Å². The molecule has 0 radical (unpaired) electrons. The molecule has 3 rings (SSSR count). The molecule has 0 aromatic heterocycles. The molecule has 0 heterocycles. The summed E-state index contributed by atoms with van der Waals surface area (Å²) < 4.78 is 124. The highest BCUT2D eigenvalue weighted by Crippen LogP contribution is 2.41. The number of hydrogen-bond acceptors (Lipinski definition) is 1. The van der Waals surface area contributed by atoms with E-state index in [1.54, 1.807) is 0 Å². The van der Waals surface area contributed by atoms with Crippen LogP contribution < -0.4 is 5.32 Å². The van der Waals surface area contributed by atoms with Crippen molar-refractivity contribution in [1.29, 1.82) is 0 Å². The van der Waals surface area contributed by atoms with E-state index in [4.69, 9.17) is 23.2 Å². The third kappa shape index (κ3) is 7.34. The molecule has 1 N–H and O–H groups in total. The summed E-state index contributed by atoms with van der Waals surface area (Å²) in [6, 6.07) is 3.66. The fourth-order valence-electron chi connectivity index (χ4n) is 3.90. The normalized spacial score (nSPS) is 18.0. The van der Waals surface area contributed by atoms with Crippen LogP contribution in [0.5, 0.6) is 0 Å². The largest absolute Gasteiger partial charge is 0.417 e. The van der Waals surface area contributed by atoms with Crippen LogP contribution in [0.1, 0.15) is 58.6 Å². The second-order valence-corrected chi connectivity index (χ2v) is 9.38. The molecule has 2 nitrogen and oxygen atoms in total. The zero-order valence-electron chi connectivity index (χ0n) is 18.6. The standard InChI is InChI=1S/C24H18Cl2F9NO/c25-18-4-2-12(10-19(18)26)16(23(30,31)32)11-20(27)13-1-3-15(17(9-13)24(33,34)35)21(37)36-14-5-7-22(28,29)8-6-14/h1-4,9-11,14,16H,5-8H2,(H,36,37). The zero-order chi connectivity index (χ0) is 27.8. The van der Waals surface area contributed by atoms with Crippen molar-refractivity contribution in [2.24, 2.45) is 0 Å². The van der Waals surface area contributed by atoms with E-state index < -0.39 is 77.1 Å². The van der Waals surface area contributed by atoms with Crippen LogP contribution in [0.25, 0.3) is 5.83 Å². The maximum absolute atomic E-state index is 14.9. The van der Waals surface area contributed by atoms with Crippen molar-refractivity contribution in [1.82, 2.24) is 5.32 Å². The van der Waals surface area contributed by atoms with Gasteiger partial charge < -0.3 is 5.32 Å². The molecule has 37 heavy (non-hydrogen) atoms. The van der Waals surface area contributed by atoms with Gasteiger partial charge in [0.1, 0.15) is 11.7 Å². The van der Waals surface area contributed by atoms with E-state index in [0.717, 1.165) is 24.3 Å². The van der Waals surface area contributed by atoms with Crippen LogP contribution in [0, 0.1) is 0 Å². The highest BCUT2D eigenvalue weighted by Gasteiger charge is 2.41. The van der Waals surface area contributed by atoms with Gasteiger partial charge in [-0.2, -0.15) is 26.3 Å². The second-order valence-electron chi connectivity index (χ2n) is 8.57. The number of nitrogens with one attached hydrogen (secondary N) is 1. The molecule has 0 bridgehead atoms. The fraction of sp³-hybridized carbons (Fsp3) is 0.375. The molecule has 0 spiro atoms. The smallest absolute Gasteiger partial charge is 0.349 e. The van der Waals surface area contributed by atoms with Crippen LogP contribution in [0.15, 0.2) is 42.5 Å². The van der Waals surface area contributed by atoms with Gasteiger partial charge in [-0.25, -0.2) is 13.2 Å². The van der Waals surface area contributed by atoms with Crippen molar-refractivity contribution in [3.63, 3.8) is 0 Å². The number of amides is 1. The minimum atomic E-state index is -5.17. The Morgan fingerprint density at radius 2 is 1.59 bits per heavy atom. The molecule has 0 aliphatic heterocycles. The SMILES string of the molecule is O=C(NC1CCC(F)(F)CC1)c1ccc(C(F)=CC(c2ccc(Cl)c(Cl)c2)C(F)(F)F)cc1C(F)(F)F. The van der Waals surface area contributed by atoms with Gasteiger partial charge in [-0.15, -0.1) is 0 Å². The Balaban J connectivity index is 1.94.